The number of halogens is 2. The average Bonchev–Trinajstić information content (AvgIpc) is 2.58. The molecule has 0 radical (unpaired) electrons. The largest absolute Gasteiger partial charge is 0.466 e. The normalized spacial score (nSPS) is 15.7. The molecular weight excluding hydrogens is 403 g/mol. The quantitative estimate of drug-likeness (QED) is 0.611. The van der Waals surface area contributed by atoms with Crippen LogP contribution in [0.15, 0.2) is 47.6 Å². The Balaban J connectivity index is 2.03. The molecule has 0 saturated heterocycles. The topological polar surface area (TPSA) is 96.3 Å². The molecule has 0 bridgehead atoms. The maximum absolute atomic E-state index is 12.9. The number of hydrogen-bond acceptors (Lipinski definition) is 5. The Morgan fingerprint density at radius 3 is 2.62 bits per heavy atom. The van der Waals surface area contributed by atoms with Crippen LogP contribution in [0, 0.1) is 0 Å². The van der Waals surface area contributed by atoms with Crippen molar-refractivity contribution in [2.75, 3.05) is 11.4 Å². The van der Waals surface area contributed by atoms with Crippen LogP contribution >= 0.6 is 23.2 Å². The van der Waals surface area contributed by atoms with E-state index in [0.717, 1.165) is 0 Å². The van der Waals surface area contributed by atoms with Crippen molar-refractivity contribution in [3.8, 4) is 0 Å². The van der Waals surface area contributed by atoms with E-state index < -0.39 is 10.4 Å². The summed E-state index contributed by atoms with van der Waals surface area (Å²) in [5, 5.41) is 4.18. The van der Waals surface area contributed by atoms with E-state index in [1.807, 2.05) is 0 Å². The highest BCUT2D eigenvalue weighted by atomic mass is 35.5. The van der Waals surface area contributed by atoms with Crippen LogP contribution in [0.25, 0.3) is 0 Å². The third-order valence-corrected chi connectivity index (χ3v) is 4.55. The summed E-state index contributed by atoms with van der Waals surface area (Å²) >= 11 is 12.2. The molecule has 1 aliphatic heterocycles. The standard InChI is InChI=1S/C16H12Cl2N2O5S/c17-10-5-6-12-14(19-25-26(22,23)24)7-8-20(15(12)9-10)16(21)11-3-1-2-4-13(11)18/h1-6,9H,7-8H2,(H,22,23,24)/b19-14+. The van der Waals surface area contributed by atoms with E-state index in [4.69, 9.17) is 27.8 Å². The van der Waals surface area contributed by atoms with E-state index >= 15 is 0 Å². The Morgan fingerprint density at radius 2 is 1.92 bits per heavy atom. The van der Waals surface area contributed by atoms with Gasteiger partial charge in [-0.1, -0.05) is 40.5 Å². The third-order valence-electron chi connectivity index (χ3n) is 3.72. The van der Waals surface area contributed by atoms with Crippen LogP contribution in [-0.2, 0) is 14.7 Å². The minimum absolute atomic E-state index is 0.199. The van der Waals surface area contributed by atoms with E-state index in [2.05, 4.69) is 9.44 Å². The molecule has 2 aromatic rings. The van der Waals surface area contributed by atoms with E-state index in [0.29, 0.717) is 26.9 Å². The molecule has 1 amide bonds. The monoisotopic (exact) mass is 414 g/mol. The molecule has 0 aromatic heterocycles. The molecule has 7 nitrogen and oxygen atoms in total. The zero-order valence-electron chi connectivity index (χ0n) is 13.1. The highest BCUT2D eigenvalue weighted by Gasteiger charge is 2.29. The van der Waals surface area contributed by atoms with Crippen LogP contribution in [0.1, 0.15) is 22.3 Å². The minimum atomic E-state index is -4.72. The Hall–Kier alpha value is -2.13. The van der Waals surface area contributed by atoms with Crippen LogP contribution in [0.3, 0.4) is 0 Å². The number of anilines is 1. The van der Waals surface area contributed by atoms with Gasteiger partial charge >= 0.3 is 10.4 Å². The number of nitrogens with zero attached hydrogens (tertiary/aromatic N) is 2. The fraction of sp³-hybridized carbons (Fsp3) is 0.125. The van der Waals surface area contributed by atoms with Crippen molar-refractivity contribution in [3.05, 3.63) is 63.6 Å². The second-order valence-electron chi connectivity index (χ2n) is 5.39. The van der Waals surface area contributed by atoms with Gasteiger partial charge in [0, 0.05) is 23.6 Å². The molecule has 0 unspecified atom stereocenters. The molecule has 0 spiro atoms. The number of rotatable bonds is 3. The van der Waals surface area contributed by atoms with Crippen LogP contribution in [0.5, 0.6) is 0 Å². The molecule has 1 N–H and O–H groups in total. The minimum Gasteiger partial charge on any atom is -0.307 e. The first kappa shape index (κ1) is 18.7. The number of amides is 1. The van der Waals surface area contributed by atoms with E-state index in [9.17, 15) is 13.2 Å². The van der Waals surface area contributed by atoms with Crippen molar-refractivity contribution in [1.29, 1.82) is 0 Å². The molecule has 1 heterocycles. The fourth-order valence-corrected chi connectivity index (χ4v) is 3.19. The molecule has 3 rings (SSSR count). The zero-order valence-corrected chi connectivity index (χ0v) is 15.4. The summed E-state index contributed by atoms with van der Waals surface area (Å²) in [5.74, 6) is -0.325. The van der Waals surface area contributed by atoms with Gasteiger partial charge in [-0.3, -0.25) is 9.35 Å². The van der Waals surface area contributed by atoms with Crippen LogP contribution in [-0.4, -0.2) is 31.1 Å². The van der Waals surface area contributed by atoms with Crippen molar-refractivity contribution in [2.45, 2.75) is 6.42 Å². The SMILES string of the molecule is O=C(c1ccccc1Cl)N1CC/C(=N\OS(=O)(=O)O)c2ccc(Cl)cc21. The van der Waals surface area contributed by atoms with Gasteiger partial charge in [-0.05, 0) is 30.3 Å². The first-order valence-electron chi connectivity index (χ1n) is 7.35. The van der Waals surface area contributed by atoms with Gasteiger partial charge in [0.1, 0.15) is 0 Å². The molecule has 0 fully saturated rings. The summed E-state index contributed by atoms with van der Waals surface area (Å²) in [6.07, 6.45) is 0.209. The predicted molar refractivity (Wildman–Crippen MR) is 98.4 cm³/mol. The number of carbonyl (C=O) groups is 1. The predicted octanol–water partition coefficient (Wildman–Crippen LogP) is 3.57. The highest BCUT2D eigenvalue weighted by Crippen LogP contribution is 2.32. The number of fused-ring (bicyclic) bond motifs is 1. The zero-order chi connectivity index (χ0) is 18.9. The van der Waals surface area contributed by atoms with Crippen molar-refractivity contribution in [3.63, 3.8) is 0 Å². The maximum Gasteiger partial charge on any atom is 0.466 e. The first-order valence-corrected chi connectivity index (χ1v) is 9.47. The molecule has 0 atom stereocenters. The molecule has 136 valence electrons. The molecule has 26 heavy (non-hydrogen) atoms. The Bertz CT molecular complexity index is 1010. The summed E-state index contributed by atoms with van der Waals surface area (Å²) < 4.78 is 34.3. The number of oxime groups is 1. The highest BCUT2D eigenvalue weighted by molar-refractivity contribution is 7.80. The molecular formula is C16H12Cl2N2O5S. The second kappa shape index (κ2) is 7.24. The maximum atomic E-state index is 12.9. The smallest absolute Gasteiger partial charge is 0.307 e. The Kier molecular flexibility index (Phi) is 5.19. The summed E-state index contributed by atoms with van der Waals surface area (Å²) in [6.45, 7) is 0.199. The first-order chi connectivity index (χ1) is 12.3. The molecule has 1 aliphatic rings. The van der Waals surface area contributed by atoms with Crippen molar-refractivity contribution >= 4 is 50.9 Å². The van der Waals surface area contributed by atoms with Crippen molar-refractivity contribution in [2.24, 2.45) is 5.16 Å². The molecule has 2 aromatic carbocycles. The van der Waals surface area contributed by atoms with Gasteiger partial charge in [-0.25, -0.2) is 4.28 Å². The second-order valence-corrected chi connectivity index (χ2v) is 7.24. The van der Waals surface area contributed by atoms with Crippen LogP contribution in [0.2, 0.25) is 10.0 Å². The van der Waals surface area contributed by atoms with Crippen molar-refractivity contribution < 1.29 is 22.0 Å². The van der Waals surface area contributed by atoms with E-state index in [1.54, 1.807) is 42.5 Å². The van der Waals surface area contributed by atoms with Gasteiger partial charge in [-0.2, -0.15) is 8.42 Å². The fourth-order valence-electron chi connectivity index (χ4n) is 2.62. The lowest BCUT2D eigenvalue weighted by Crippen LogP contribution is -2.37. The Labute approximate surface area is 159 Å². The summed E-state index contributed by atoms with van der Waals surface area (Å²) in [6, 6.07) is 11.4. The van der Waals surface area contributed by atoms with Gasteiger partial charge < -0.3 is 4.90 Å². The molecule has 0 saturated carbocycles. The lowest BCUT2D eigenvalue weighted by Gasteiger charge is -2.30. The van der Waals surface area contributed by atoms with E-state index in [1.165, 1.54) is 4.90 Å². The number of carbonyl (C=O) groups excluding carboxylic acids is 1. The van der Waals surface area contributed by atoms with Gasteiger partial charge in [0.05, 0.1) is 22.0 Å². The molecule has 10 heteroatoms. The van der Waals surface area contributed by atoms with Gasteiger partial charge in [0.15, 0.2) is 0 Å². The Morgan fingerprint density at radius 1 is 1.19 bits per heavy atom. The van der Waals surface area contributed by atoms with Crippen LogP contribution in [0.4, 0.5) is 5.69 Å². The van der Waals surface area contributed by atoms with Crippen molar-refractivity contribution in [1.82, 2.24) is 0 Å². The summed E-state index contributed by atoms with van der Waals surface area (Å²) in [4.78, 5) is 14.4. The lowest BCUT2D eigenvalue weighted by molar-refractivity contribution is 0.0987. The van der Waals surface area contributed by atoms with Gasteiger partial charge in [-0.15, -0.1) is 0 Å². The van der Waals surface area contributed by atoms with Gasteiger partial charge in [0.2, 0.25) is 0 Å². The molecule has 0 aliphatic carbocycles. The number of hydrogen-bond donors (Lipinski definition) is 1. The van der Waals surface area contributed by atoms with Gasteiger partial charge in [0.25, 0.3) is 5.91 Å². The average molecular weight is 415 g/mol. The summed E-state index contributed by atoms with van der Waals surface area (Å²) in [5.41, 5.74) is 1.49. The summed E-state index contributed by atoms with van der Waals surface area (Å²) in [7, 11) is -4.72. The third kappa shape index (κ3) is 3.99. The lowest BCUT2D eigenvalue weighted by atomic mass is 9.98. The number of benzene rings is 2. The van der Waals surface area contributed by atoms with E-state index in [-0.39, 0.29) is 24.6 Å². The van der Waals surface area contributed by atoms with Crippen LogP contribution < -0.4 is 4.90 Å².